The summed E-state index contributed by atoms with van der Waals surface area (Å²) in [5, 5.41) is 0. The molecule has 0 aliphatic heterocycles. The van der Waals surface area contributed by atoms with Gasteiger partial charge in [-0.15, -0.1) is 0 Å². The van der Waals surface area contributed by atoms with Crippen molar-refractivity contribution in [2.24, 2.45) is 4.99 Å². The zero-order chi connectivity index (χ0) is 4.99. The lowest BCUT2D eigenvalue weighted by molar-refractivity contribution is 0.865. The first-order chi connectivity index (χ1) is 2.81. The molecule has 0 fully saturated rings. The molecular weight excluding hydrogens is 97.5 g/mol. The van der Waals surface area contributed by atoms with Crippen LogP contribution in [0.1, 0.15) is 13.3 Å². The molecule has 0 aromatic carbocycles. The van der Waals surface area contributed by atoms with Crippen LogP contribution in [-0.2, 0) is 0 Å². The van der Waals surface area contributed by atoms with Crippen LogP contribution in [0.3, 0.4) is 0 Å². The van der Waals surface area contributed by atoms with Crippen molar-refractivity contribution >= 4 is 18.3 Å². The van der Waals surface area contributed by atoms with E-state index < -0.39 is 0 Å². The van der Waals surface area contributed by atoms with Gasteiger partial charge >= 0.3 is 0 Å². The lowest BCUT2D eigenvalue weighted by atomic mass is 10.5. The van der Waals surface area contributed by atoms with Crippen LogP contribution in [0.25, 0.3) is 0 Å². The molecular formula is C4H8ClN. The third-order valence-corrected chi connectivity index (χ3v) is 0.982. The van der Waals surface area contributed by atoms with E-state index >= 15 is 0 Å². The van der Waals surface area contributed by atoms with E-state index in [0.29, 0.717) is 0 Å². The van der Waals surface area contributed by atoms with Crippen molar-refractivity contribution in [3.8, 4) is 0 Å². The van der Waals surface area contributed by atoms with Crippen molar-refractivity contribution in [3.63, 3.8) is 0 Å². The van der Waals surface area contributed by atoms with Gasteiger partial charge in [-0.1, -0.05) is 18.5 Å². The molecule has 1 nitrogen and oxygen atoms in total. The summed E-state index contributed by atoms with van der Waals surface area (Å²) in [6, 6.07) is 0. The molecule has 0 saturated heterocycles. The van der Waals surface area contributed by atoms with E-state index in [-0.39, 0.29) is 5.50 Å². The number of hydrogen-bond donors (Lipinski definition) is 0. The predicted molar refractivity (Wildman–Crippen MR) is 29.5 cm³/mol. The van der Waals surface area contributed by atoms with Crippen LogP contribution >= 0.6 is 11.6 Å². The molecule has 0 aliphatic carbocycles. The Labute approximate surface area is 43.0 Å². The molecule has 1 atom stereocenters. The van der Waals surface area contributed by atoms with Gasteiger partial charge in [0.2, 0.25) is 0 Å². The summed E-state index contributed by atoms with van der Waals surface area (Å²) < 4.78 is 0. The second-order valence-corrected chi connectivity index (χ2v) is 1.53. The highest BCUT2D eigenvalue weighted by atomic mass is 35.5. The van der Waals surface area contributed by atoms with Gasteiger partial charge in [-0.2, -0.15) is 0 Å². The molecule has 2 heteroatoms. The Kier molecular flexibility index (Phi) is 3.14. The van der Waals surface area contributed by atoms with Crippen LogP contribution in [0.2, 0.25) is 0 Å². The molecule has 0 bridgehead atoms. The maximum absolute atomic E-state index is 5.42. The number of halogens is 1. The van der Waals surface area contributed by atoms with Gasteiger partial charge in [0, 0.05) is 0 Å². The highest BCUT2D eigenvalue weighted by molar-refractivity contribution is 6.20. The fourth-order valence-corrected chi connectivity index (χ4v) is 0.129. The van der Waals surface area contributed by atoms with Crippen LogP contribution in [0.4, 0.5) is 0 Å². The summed E-state index contributed by atoms with van der Waals surface area (Å²) in [5.41, 5.74) is -0.0787. The van der Waals surface area contributed by atoms with Crippen LogP contribution < -0.4 is 0 Å². The zero-order valence-electron chi connectivity index (χ0n) is 3.82. The molecule has 36 valence electrons. The van der Waals surface area contributed by atoms with Crippen molar-refractivity contribution in [1.82, 2.24) is 0 Å². The second-order valence-electron chi connectivity index (χ2n) is 1.03. The van der Waals surface area contributed by atoms with Crippen LogP contribution in [0.15, 0.2) is 4.99 Å². The monoisotopic (exact) mass is 105 g/mol. The van der Waals surface area contributed by atoms with Gasteiger partial charge in [0.1, 0.15) is 5.50 Å². The Bertz CT molecular complexity index is 44.8. The highest BCUT2D eigenvalue weighted by Crippen LogP contribution is 1.98. The van der Waals surface area contributed by atoms with E-state index in [2.05, 4.69) is 11.7 Å². The standard InChI is InChI=1S/C4H8ClN/c1-3-4(5)6-2/h4H,2-3H2,1H3. The first-order valence-electron chi connectivity index (χ1n) is 1.91. The zero-order valence-corrected chi connectivity index (χ0v) is 4.57. The Hall–Kier alpha value is -0.0400. The van der Waals surface area contributed by atoms with Gasteiger partial charge in [0.25, 0.3) is 0 Å². The number of alkyl halides is 1. The lowest BCUT2D eigenvalue weighted by Crippen LogP contribution is -1.85. The van der Waals surface area contributed by atoms with Crippen LogP contribution in [0.5, 0.6) is 0 Å². The van der Waals surface area contributed by atoms with Crippen molar-refractivity contribution in [2.45, 2.75) is 18.8 Å². The molecule has 0 spiro atoms. The van der Waals surface area contributed by atoms with E-state index in [1.165, 1.54) is 0 Å². The Balaban J connectivity index is 2.96. The number of rotatable bonds is 2. The lowest BCUT2D eigenvalue weighted by Gasteiger charge is -1.91. The molecule has 0 aliphatic rings. The molecule has 0 rings (SSSR count). The van der Waals surface area contributed by atoms with Crippen molar-refractivity contribution < 1.29 is 0 Å². The summed E-state index contributed by atoms with van der Waals surface area (Å²) in [7, 11) is 0. The molecule has 0 N–H and O–H groups in total. The Morgan fingerprint density at radius 3 is 2.50 bits per heavy atom. The molecule has 0 amide bonds. The smallest absolute Gasteiger partial charge is 0.122 e. The minimum atomic E-state index is -0.0787. The van der Waals surface area contributed by atoms with Crippen molar-refractivity contribution in [1.29, 1.82) is 0 Å². The molecule has 6 heavy (non-hydrogen) atoms. The average Bonchev–Trinajstić information content (AvgIpc) is 1.65. The van der Waals surface area contributed by atoms with Gasteiger partial charge in [-0.25, -0.2) is 0 Å². The quantitative estimate of drug-likeness (QED) is 0.288. The van der Waals surface area contributed by atoms with E-state index in [0.717, 1.165) is 6.42 Å². The van der Waals surface area contributed by atoms with E-state index in [1.807, 2.05) is 6.92 Å². The van der Waals surface area contributed by atoms with Crippen LogP contribution in [0, 0.1) is 0 Å². The Morgan fingerprint density at radius 1 is 2.00 bits per heavy atom. The summed E-state index contributed by atoms with van der Waals surface area (Å²) in [6.45, 7) is 5.21. The third kappa shape index (κ3) is 2.21. The van der Waals surface area contributed by atoms with E-state index in [4.69, 9.17) is 11.6 Å². The average molecular weight is 106 g/mol. The van der Waals surface area contributed by atoms with Gasteiger partial charge in [-0.05, 0) is 13.1 Å². The minimum absolute atomic E-state index is 0.0787. The Morgan fingerprint density at radius 2 is 2.50 bits per heavy atom. The summed E-state index contributed by atoms with van der Waals surface area (Å²) >= 11 is 5.42. The normalized spacial score (nSPS) is 13.7. The van der Waals surface area contributed by atoms with Gasteiger partial charge in [0.05, 0.1) is 0 Å². The van der Waals surface area contributed by atoms with Crippen molar-refractivity contribution in [3.05, 3.63) is 0 Å². The van der Waals surface area contributed by atoms with Crippen LogP contribution in [-0.4, -0.2) is 12.2 Å². The van der Waals surface area contributed by atoms with E-state index in [1.54, 1.807) is 0 Å². The molecule has 0 saturated carbocycles. The largest absolute Gasteiger partial charge is 0.282 e. The fourth-order valence-electron chi connectivity index (χ4n) is 0.129. The van der Waals surface area contributed by atoms with Gasteiger partial charge < -0.3 is 0 Å². The molecule has 0 heterocycles. The maximum Gasteiger partial charge on any atom is 0.122 e. The number of aliphatic imine (C=N–C) groups is 1. The first-order valence-corrected chi connectivity index (χ1v) is 2.34. The third-order valence-electron chi connectivity index (χ3n) is 0.535. The summed E-state index contributed by atoms with van der Waals surface area (Å²) in [6.07, 6.45) is 0.866. The molecule has 0 radical (unpaired) electrons. The molecule has 1 unspecified atom stereocenters. The predicted octanol–water partition coefficient (Wildman–Crippen LogP) is 1.66. The first kappa shape index (κ1) is 5.96. The number of hydrogen-bond acceptors (Lipinski definition) is 1. The van der Waals surface area contributed by atoms with Crippen molar-refractivity contribution in [2.75, 3.05) is 0 Å². The summed E-state index contributed by atoms with van der Waals surface area (Å²) in [4.78, 5) is 3.52. The molecule has 0 aromatic heterocycles. The second kappa shape index (κ2) is 3.16. The highest BCUT2D eigenvalue weighted by Gasteiger charge is 1.88. The minimum Gasteiger partial charge on any atom is -0.282 e. The topological polar surface area (TPSA) is 12.4 Å². The summed E-state index contributed by atoms with van der Waals surface area (Å²) in [5.74, 6) is 0. The molecule has 0 aromatic rings. The number of nitrogens with zero attached hydrogens (tertiary/aromatic N) is 1. The SMILES string of the molecule is C=NC(Cl)CC. The maximum atomic E-state index is 5.42. The van der Waals surface area contributed by atoms with Gasteiger partial charge in [0.15, 0.2) is 0 Å². The van der Waals surface area contributed by atoms with Gasteiger partial charge in [-0.3, -0.25) is 4.99 Å². The van der Waals surface area contributed by atoms with E-state index in [9.17, 15) is 0 Å². The fraction of sp³-hybridized carbons (Fsp3) is 0.750.